The van der Waals surface area contributed by atoms with E-state index in [1.54, 1.807) is 0 Å². The van der Waals surface area contributed by atoms with E-state index < -0.39 is 0 Å². The van der Waals surface area contributed by atoms with Crippen LogP contribution in [0.1, 0.15) is 54.2 Å². The van der Waals surface area contributed by atoms with Gasteiger partial charge in [-0.1, -0.05) is 42.5 Å². The molecule has 2 saturated heterocycles. The van der Waals surface area contributed by atoms with Crippen LogP contribution >= 0.6 is 0 Å². The van der Waals surface area contributed by atoms with Crippen molar-refractivity contribution in [2.24, 2.45) is 5.92 Å². The maximum atomic E-state index is 12.9. The normalized spacial score (nSPS) is 24.6. The highest BCUT2D eigenvalue weighted by molar-refractivity contribution is 5.92. The second-order valence-corrected chi connectivity index (χ2v) is 7.60. The minimum atomic E-state index is 0.0172. The summed E-state index contributed by atoms with van der Waals surface area (Å²) < 4.78 is 1.88. The molecule has 2 atom stereocenters. The molecule has 1 amide bonds. The topological polar surface area (TPSA) is 63.1 Å². The lowest BCUT2D eigenvalue weighted by atomic mass is 9.81. The molecule has 6 nitrogen and oxygen atoms in total. The molecular formula is C20H27N5O. The first-order valence-corrected chi connectivity index (χ1v) is 9.69. The predicted octanol–water partition coefficient (Wildman–Crippen LogP) is 2.47. The van der Waals surface area contributed by atoms with Gasteiger partial charge >= 0.3 is 0 Å². The van der Waals surface area contributed by atoms with E-state index in [0.29, 0.717) is 23.6 Å². The zero-order valence-electron chi connectivity index (χ0n) is 15.3. The van der Waals surface area contributed by atoms with E-state index in [2.05, 4.69) is 52.9 Å². The fourth-order valence-corrected chi connectivity index (χ4v) is 4.31. The molecule has 1 aromatic carbocycles. The molecular weight excluding hydrogens is 326 g/mol. The molecule has 0 spiro atoms. The lowest BCUT2D eigenvalue weighted by Gasteiger charge is -2.36. The molecule has 0 bridgehead atoms. The highest BCUT2D eigenvalue weighted by Gasteiger charge is 2.31. The van der Waals surface area contributed by atoms with Crippen LogP contribution in [0.4, 0.5) is 0 Å². The van der Waals surface area contributed by atoms with Gasteiger partial charge in [0, 0.05) is 13.1 Å². The molecule has 3 heterocycles. The molecule has 1 aromatic heterocycles. The Bertz CT molecular complexity index is 738. The fourth-order valence-electron chi connectivity index (χ4n) is 4.31. The molecule has 2 fully saturated rings. The van der Waals surface area contributed by atoms with Crippen LogP contribution in [-0.2, 0) is 0 Å². The summed E-state index contributed by atoms with van der Waals surface area (Å²) >= 11 is 0. The molecule has 26 heavy (non-hydrogen) atoms. The number of nitrogens with one attached hydrogen (secondary N) is 1. The highest BCUT2D eigenvalue weighted by Crippen LogP contribution is 2.33. The third-order valence-electron chi connectivity index (χ3n) is 5.83. The van der Waals surface area contributed by atoms with E-state index in [1.807, 2.05) is 15.8 Å². The second-order valence-electron chi connectivity index (χ2n) is 7.60. The van der Waals surface area contributed by atoms with Crippen molar-refractivity contribution in [2.75, 3.05) is 26.2 Å². The van der Waals surface area contributed by atoms with E-state index in [-0.39, 0.29) is 5.91 Å². The third kappa shape index (κ3) is 3.51. The summed E-state index contributed by atoms with van der Waals surface area (Å²) in [5.74, 6) is 0.976. The van der Waals surface area contributed by atoms with Crippen LogP contribution in [0.15, 0.2) is 36.5 Å². The monoisotopic (exact) mass is 353 g/mol. The first-order chi connectivity index (χ1) is 12.7. The number of nitrogens with zero attached hydrogens (tertiary/aromatic N) is 4. The summed E-state index contributed by atoms with van der Waals surface area (Å²) in [4.78, 5) is 14.8. The van der Waals surface area contributed by atoms with Gasteiger partial charge in [0.2, 0.25) is 0 Å². The number of hydrogen-bond acceptors (Lipinski definition) is 4. The molecule has 4 rings (SSSR count). The van der Waals surface area contributed by atoms with Crippen molar-refractivity contribution >= 4 is 5.91 Å². The number of piperidine rings is 2. The van der Waals surface area contributed by atoms with Gasteiger partial charge in [-0.3, -0.25) is 4.79 Å². The van der Waals surface area contributed by atoms with E-state index in [9.17, 15) is 4.79 Å². The minimum Gasteiger partial charge on any atom is -0.337 e. The third-order valence-corrected chi connectivity index (χ3v) is 5.83. The van der Waals surface area contributed by atoms with Crippen LogP contribution < -0.4 is 5.32 Å². The molecule has 0 radical (unpaired) electrons. The molecule has 2 aliphatic heterocycles. The van der Waals surface area contributed by atoms with E-state index in [0.717, 1.165) is 45.4 Å². The summed E-state index contributed by atoms with van der Waals surface area (Å²) in [5.41, 5.74) is 1.86. The van der Waals surface area contributed by atoms with Gasteiger partial charge in [0.05, 0.1) is 12.2 Å². The van der Waals surface area contributed by atoms with E-state index >= 15 is 0 Å². The van der Waals surface area contributed by atoms with Gasteiger partial charge in [-0.2, -0.15) is 0 Å². The molecule has 2 aromatic rings. The Kier molecular flexibility index (Phi) is 5.02. The fraction of sp³-hybridized carbons (Fsp3) is 0.550. The van der Waals surface area contributed by atoms with Crippen molar-refractivity contribution < 1.29 is 4.79 Å². The smallest absolute Gasteiger partial charge is 0.276 e. The zero-order valence-corrected chi connectivity index (χ0v) is 15.3. The molecule has 6 heteroatoms. The Morgan fingerprint density at radius 3 is 2.65 bits per heavy atom. The summed E-state index contributed by atoms with van der Waals surface area (Å²) in [6, 6.07) is 11.0. The van der Waals surface area contributed by atoms with E-state index in [4.69, 9.17) is 0 Å². The Morgan fingerprint density at radius 2 is 1.92 bits per heavy atom. The van der Waals surface area contributed by atoms with Crippen molar-refractivity contribution in [3.63, 3.8) is 0 Å². The number of likely N-dealkylation sites (tertiary alicyclic amines) is 1. The van der Waals surface area contributed by atoms with Gasteiger partial charge in [-0.25, -0.2) is 4.68 Å². The SMILES string of the molecule is CC1CN(C(=O)c2cn(C3CCNCC3)nn2)CCC1c1ccccc1. The Hall–Kier alpha value is -2.21. The Labute approximate surface area is 154 Å². The average molecular weight is 353 g/mol. The number of hydrogen-bond donors (Lipinski definition) is 1. The van der Waals surface area contributed by atoms with Gasteiger partial charge in [0.1, 0.15) is 0 Å². The van der Waals surface area contributed by atoms with Crippen LogP contribution in [0.5, 0.6) is 0 Å². The molecule has 138 valence electrons. The predicted molar refractivity (Wildman–Crippen MR) is 100 cm³/mol. The summed E-state index contributed by atoms with van der Waals surface area (Å²) in [7, 11) is 0. The summed E-state index contributed by atoms with van der Waals surface area (Å²) in [6.07, 6.45) is 4.92. The Balaban J connectivity index is 1.41. The largest absolute Gasteiger partial charge is 0.337 e. The van der Waals surface area contributed by atoms with Crippen molar-refractivity contribution in [1.29, 1.82) is 0 Å². The maximum Gasteiger partial charge on any atom is 0.276 e. The van der Waals surface area contributed by atoms with Gasteiger partial charge in [-0.05, 0) is 49.8 Å². The number of rotatable bonds is 3. The Morgan fingerprint density at radius 1 is 1.15 bits per heavy atom. The van der Waals surface area contributed by atoms with Gasteiger partial charge in [0.25, 0.3) is 5.91 Å². The van der Waals surface area contributed by atoms with Gasteiger partial charge in [0.15, 0.2) is 5.69 Å². The lowest BCUT2D eigenvalue weighted by molar-refractivity contribution is 0.0654. The maximum absolute atomic E-state index is 12.9. The minimum absolute atomic E-state index is 0.0172. The number of benzene rings is 1. The molecule has 0 aliphatic carbocycles. The first kappa shape index (κ1) is 17.2. The summed E-state index contributed by atoms with van der Waals surface area (Å²) in [5, 5.41) is 11.8. The molecule has 1 N–H and O–H groups in total. The van der Waals surface area contributed by atoms with Crippen LogP contribution in [0.2, 0.25) is 0 Å². The molecule has 2 aliphatic rings. The lowest BCUT2D eigenvalue weighted by Crippen LogP contribution is -2.42. The summed E-state index contributed by atoms with van der Waals surface area (Å²) in [6.45, 7) is 5.79. The number of aromatic nitrogens is 3. The second kappa shape index (κ2) is 7.58. The van der Waals surface area contributed by atoms with Crippen molar-refractivity contribution in [2.45, 2.75) is 38.1 Å². The van der Waals surface area contributed by atoms with E-state index in [1.165, 1.54) is 5.56 Å². The highest BCUT2D eigenvalue weighted by atomic mass is 16.2. The number of carbonyl (C=O) groups excluding carboxylic acids is 1. The van der Waals surface area contributed by atoms with Crippen LogP contribution in [0.3, 0.4) is 0 Å². The van der Waals surface area contributed by atoms with Crippen LogP contribution in [0, 0.1) is 5.92 Å². The quantitative estimate of drug-likeness (QED) is 0.921. The van der Waals surface area contributed by atoms with Crippen LogP contribution in [0.25, 0.3) is 0 Å². The number of amides is 1. The zero-order chi connectivity index (χ0) is 17.9. The average Bonchev–Trinajstić information content (AvgIpc) is 3.19. The molecule has 2 unspecified atom stereocenters. The van der Waals surface area contributed by atoms with Gasteiger partial charge in [-0.15, -0.1) is 5.10 Å². The van der Waals surface area contributed by atoms with Crippen molar-refractivity contribution in [3.05, 3.63) is 47.8 Å². The van der Waals surface area contributed by atoms with Crippen molar-refractivity contribution in [1.82, 2.24) is 25.2 Å². The number of carbonyl (C=O) groups is 1. The van der Waals surface area contributed by atoms with Crippen LogP contribution in [-0.4, -0.2) is 52.0 Å². The first-order valence-electron chi connectivity index (χ1n) is 9.69. The standard InChI is InChI=1S/C20H27N5O/c1-15-13-24(12-9-18(15)16-5-3-2-4-6-16)20(26)19-14-25(23-22-19)17-7-10-21-11-8-17/h2-6,14-15,17-18,21H,7-13H2,1H3. The van der Waals surface area contributed by atoms with Crippen molar-refractivity contribution in [3.8, 4) is 0 Å². The molecule has 0 saturated carbocycles. The van der Waals surface area contributed by atoms with Gasteiger partial charge < -0.3 is 10.2 Å².